The van der Waals surface area contributed by atoms with Crippen molar-refractivity contribution in [1.29, 1.82) is 0 Å². The van der Waals surface area contributed by atoms with Gasteiger partial charge in [0.25, 0.3) is 5.91 Å². The fourth-order valence-electron chi connectivity index (χ4n) is 5.02. The van der Waals surface area contributed by atoms with Gasteiger partial charge in [-0.15, -0.1) is 0 Å². The molecule has 3 aromatic heterocycles. The lowest BCUT2D eigenvalue weighted by Gasteiger charge is -2.19. The molecule has 1 unspecified atom stereocenters. The number of nitrogens with zero attached hydrogens (tertiary/aromatic N) is 3. The van der Waals surface area contributed by atoms with E-state index in [1.807, 2.05) is 59.4 Å². The lowest BCUT2D eigenvalue weighted by molar-refractivity contribution is 0.0937. The Labute approximate surface area is 216 Å². The number of fused-ring (bicyclic) bond motifs is 2. The highest BCUT2D eigenvalue weighted by atomic mass is 19.1. The van der Waals surface area contributed by atoms with E-state index in [-0.39, 0.29) is 23.0 Å². The van der Waals surface area contributed by atoms with Crippen LogP contribution in [0.5, 0.6) is 5.75 Å². The van der Waals surface area contributed by atoms with Crippen molar-refractivity contribution in [2.24, 2.45) is 0 Å². The smallest absolute Gasteiger partial charge is 0.273 e. The van der Waals surface area contributed by atoms with Crippen LogP contribution in [0.25, 0.3) is 32.9 Å². The Morgan fingerprint density at radius 2 is 1.95 bits per heavy atom. The van der Waals surface area contributed by atoms with Gasteiger partial charge in [-0.3, -0.25) is 14.6 Å². The van der Waals surface area contributed by atoms with E-state index in [4.69, 9.17) is 5.10 Å². The van der Waals surface area contributed by atoms with E-state index >= 15 is 0 Å². The van der Waals surface area contributed by atoms with Crippen LogP contribution < -0.4 is 5.32 Å². The van der Waals surface area contributed by atoms with Gasteiger partial charge in [-0.1, -0.05) is 24.3 Å². The molecule has 3 heterocycles. The second-order valence-electron chi connectivity index (χ2n) is 9.66. The Bertz CT molecular complexity index is 1780. The molecule has 1 fully saturated rings. The topological polar surface area (TPSA) is 112 Å². The molecule has 0 bridgehead atoms. The number of carbonyl (C=O) groups excluding carboxylic acids is 1. The van der Waals surface area contributed by atoms with Gasteiger partial charge in [0.05, 0.1) is 23.8 Å². The third-order valence-corrected chi connectivity index (χ3v) is 7.08. The van der Waals surface area contributed by atoms with Crippen molar-refractivity contribution in [1.82, 2.24) is 30.3 Å². The third kappa shape index (κ3) is 3.80. The third-order valence-electron chi connectivity index (χ3n) is 7.08. The van der Waals surface area contributed by atoms with Crippen LogP contribution in [0.15, 0.2) is 79.1 Å². The Balaban J connectivity index is 1.32. The first-order valence-electron chi connectivity index (χ1n) is 12.4. The summed E-state index contributed by atoms with van der Waals surface area (Å²) in [5.41, 5.74) is 4.80. The Morgan fingerprint density at radius 3 is 2.74 bits per heavy atom. The van der Waals surface area contributed by atoms with Crippen molar-refractivity contribution in [2.75, 3.05) is 0 Å². The quantitative estimate of drug-likeness (QED) is 0.235. The van der Waals surface area contributed by atoms with Crippen LogP contribution in [0.3, 0.4) is 0 Å². The lowest BCUT2D eigenvalue weighted by atomic mass is 10.0. The normalized spacial score (nSPS) is 14.2. The number of aromatic nitrogens is 5. The summed E-state index contributed by atoms with van der Waals surface area (Å²) in [7, 11) is 0. The maximum atomic E-state index is 14.3. The number of halogens is 1. The van der Waals surface area contributed by atoms with E-state index in [9.17, 15) is 14.3 Å². The summed E-state index contributed by atoms with van der Waals surface area (Å²) in [6.45, 7) is 0. The van der Waals surface area contributed by atoms with Gasteiger partial charge < -0.3 is 15.4 Å². The maximum Gasteiger partial charge on any atom is 0.273 e. The van der Waals surface area contributed by atoms with Crippen molar-refractivity contribution in [3.05, 3.63) is 102 Å². The molecule has 3 aromatic carbocycles. The number of benzene rings is 3. The molecule has 0 saturated heterocycles. The summed E-state index contributed by atoms with van der Waals surface area (Å²) < 4.78 is 16.2. The van der Waals surface area contributed by atoms with Crippen molar-refractivity contribution in [2.45, 2.75) is 24.9 Å². The largest absolute Gasteiger partial charge is 0.508 e. The van der Waals surface area contributed by atoms with Gasteiger partial charge in [0.15, 0.2) is 5.69 Å². The number of aromatic amines is 2. The average molecular weight is 507 g/mol. The molecule has 0 radical (unpaired) electrons. The standard InChI is InChI=1S/C29H23FN6O2/c30-19-6-10-26(37)22(13-19)27(24-11-17-3-1-2-4-23(17)33-24)34-29(38)28-21-9-5-16(18-14-31-32-15-18)12-25(21)36(35-28)20-7-8-20/h1-6,9-15,20,27,33,37H,7-8H2,(H,31,32)(H,34,38). The molecular weight excluding hydrogens is 483 g/mol. The van der Waals surface area contributed by atoms with Crippen molar-refractivity contribution in [3.8, 4) is 16.9 Å². The van der Waals surface area contributed by atoms with Crippen LogP contribution in [-0.4, -0.2) is 36.0 Å². The number of para-hydroxylation sites is 1. The Morgan fingerprint density at radius 1 is 1.08 bits per heavy atom. The van der Waals surface area contributed by atoms with Crippen molar-refractivity contribution in [3.63, 3.8) is 0 Å². The first-order chi connectivity index (χ1) is 18.5. The zero-order chi connectivity index (χ0) is 25.8. The van der Waals surface area contributed by atoms with Crippen LogP contribution in [-0.2, 0) is 0 Å². The molecule has 1 amide bonds. The molecular formula is C29H23FN6O2. The van der Waals surface area contributed by atoms with E-state index in [0.29, 0.717) is 5.69 Å². The summed E-state index contributed by atoms with van der Waals surface area (Å²) in [6.07, 6.45) is 5.58. The first kappa shape index (κ1) is 22.3. The molecule has 8 nitrogen and oxygen atoms in total. The molecule has 38 heavy (non-hydrogen) atoms. The number of carbonyl (C=O) groups is 1. The Hall–Kier alpha value is -4.92. The van der Waals surface area contributed by atoms with Crippen LogP contribution in [0.2, 0.25) is 0 Å². The number of hydrogen-bond acceptors (Lipinski definition) is 4. The second kappa shape index (κ2) is 8.58. The average Bonchev–Trinajstić information content (AvgIpc) is 3.31. The minimum Gasteiger partial charge on any atom is -0.508 e. The van der Waals surface area contributed by atoms with Crippen molar-refractivity contribution >= 4 is 27.7 Å². The van der Waals surface area contributed by atoms with E-state index in [0.717, 1.165) is 45.8 Å². The minimum atomic E-state index is -0.836. The molecule has 6 aromatic rings. The molecule has 188 valence electrons. The summed E-state index contributed by atoms with van der Waals surface area (Å²) in [4.78, 5) is 17.1. The molecule has 1 atom stereocenters. The van der Waals surface area contributed by atoms with Crippen LogP contribution in [0.1, 0.15) is 46.7 Å². The molecule has 0 spiro atoms. The number of aromatic hydroxyl groups is 1. The lowest BCUT2D eigenvalue weighted by Crippen LogP contribution is -2.30. The van der Waals surface area contributed by atoms with E-state index in [1.165, 1.54) is 18.2 Å². The summed E-state index contributed by atoms with van der Waals surface area (Å²) in [6, 6.07) is 18.6. The second-order valence-corrected chi connectivity index (χ2v) is 9.66. The van der Waals surface area contributed by atoms with E-state index < -0.39 is 17.8 Å². The molecule has 1 aliphatic rings. The maximum absolute atomic E-state index is 14.3. The van der Waals surface area contributed by atoms with Crippen LogP contribution in [0, 0.1) is 5.82 Å². The van der Waals surface area contributed by atoms with Crippen molar-refractivity contribution < 1.29 is 14.3 Å². The van der Waals surface area contributed by atoms with E-state index in [2.05, 4.69) is 20.5 Å². The van der Waals surface area contributed by atoms with Crippen LogP contribution >= 0.6 is 0 Å². The summed E-state index contributed by atoms with van der Waals surface area (Å²) >= 11 is 0. The predicted molar refractivity (Wildman–Crippen MR) is 141 cm³/mol. The zero-order valence-electron chi connectivity index (χ0n) is 20.1. The van der Waals surface area contributed by atoms with Gasteiger partial charge in [0.1, 0.15) is 11.6 Å². The number of amides is 1. The first-order valence-corrected chi connectivity index (χ1v) is 12.4. The van der Waals surface area contributed by atoms with Gasteiger partial charge in [-0.25, -0.2) is 4.39 Å². The van der Waals surface area contributed by atoms with Gasteiger partial charge in [0.2, 0.25) is 0 Å². The number of phenolic OH excluding ortho intramolecular Hbond substituents is 1. The monoisotopic (exact) mass is 506 g/mol. The predicted octanol–water partition coefficient (Wildman–Crippen LogP) is 5.61. The van der Waals surface area contributed by atoms with Gasteiger partial charge >= 0.3 is 0 Å². The minimum absolute atomic E-state index is 0.117. The fraction of sp³-hybridized carbons (Fsp3) is 0.138. The molecule has 1 saturated carbocycles. The molecule has 1 aliphatic carbocycles. The highest BCUT2D eigenvalue weighted by Crippen LogP contribution is 2.39. The number of hydrogen-bond donors (Lipinski definition) is 4. The van der Waals surface area contributed by atoms with E-state index in [1.54, 1.807) is 6.20 Å². The number of rotatable bonds is 6. The SMILES string of the molecule is O=C(NC(c1cc2ccccc2[nH]1)c1cc(F)ccc1O)c1nn(C2CC2)c2cc(-c3cn[nH]c3)ccc12. The number of nitrogens with one attached hydrogen (secondary N) is 3. The zero-order valence-corrected chi connectivity index (χ0v) is 20.1. The fourth-order valence-corrected chi connectivity index (χ4v) is 5.02. The van der Waals surface area contributed by atoms with Gasteiger partial charge in [0, 0.05) is 33.9 Å². The molecule has 0 aliphatic heterocycles. The van der Waals surface area contributed by atoms with Gasteiger partial charge in [-0.2, -0.15) is 10.2 Å². The number of H-pyrrole nitrogens is 2. The highest BCUT2D eigenvalue weighted by Gasteiger charge is 2.31. The molecule has 7 rings (SSSR count). The highest BCUT2D eigenvalue weighted by molar-refractivity contribution is 6.06. The van der Waals surface area contributed by atoms with Crippen LogP contribution in [0.4, 0.5) is 4.39 Å². The Kier molecular flexibility index (Phi) is 5.04. The summed E-state index contributed by atoms with van der Waals surface area (Å²) in [5, 5.41) is 26.9. The molecule has 4 N–H and O–H groups in total. The van der Waals surface area contributed by atoms with Gasteiger partial charge in [-0.05, 0) is 66.3 Å². The number of phenols is 1. The molecule has 9 heteroatoms. The summed E-state index contributed by atoms with van der Waals surface area (Å²) in [5.74, 6) is -1.05.